The number of amides is 1. The molecule has 3 heteroatoms. The average Bonchev–Trinajstić information content (AvgIpc) is 2.68. The van der Waals surface area contributed by atoms with Crippen molar-refractivity contribution in [2.45, 2.75) is 51.6 Å². The number of hydrogen-bond acceptors (Lipinski definition) is 2. The number of carbonyl (C=O) groups excluding carboxylic acids is 1. The van der Waals surface area contributed by atoms with Crippen molar-refractivity contribution in [1.82, 2.24) is 10.6 Å². The van der Waals surface area contributed by atoms with E-state index < -0.39 is 0 Å². The number of carbonyl (C=O) groups is 1. The lowest BCUT2D eigenvalue weighted by Gasteiger charge is -2.21. The highest BCUT2D eigenvalue weighted by Crippen LogP contribution is 2.17. The lowest BCUT2D eigenvalue weighted by atomic mass is 10.0. The van der Waals surface area contributed by atoms with Gasteiger partial charge in [0.05, 0.1) is 12.1 Å². The molecule has 0 aliphatic carbocycles. The number of benzene rings is 1. The first-order valence-corrected chi connectivity index (χ1v) is 7.28. The molecule has 1 fully saturated rings. The standard InChI is InChI=1S/C16H24N2O/c1-12-8-5-6-9-14(12)13(2)18-16(19)15-10-4-3-7-11-17-15/h5-6,8-9,13,15,17H,3-4,7,10-11H2,1-2H3,(H,18,19). The van der Waals surface area contributed by atoms with E-state index in [4.69, 9.17) is 0 Å². The fourth-order valence-corrected chi connectivity index (χ4v) is 2.72. The molecule has 2 unspecified atom stereocenters. The van der Waals surface area contributed by atoms with E-state index in [1.165, 1.54) is 24.0 Å². The Morgan fingerprint density at radius 1 is 1.32 bits per heavy atom. The van der Waals surface area contributed by atoms with Gasteiger partial charge in [-0.05, 0) is 44.4 Å². The van der Waals surface area contributed by atoms with E-state index in [0.29, 0.717) is 0 Å². The third-order valence-electron chi connectivity index (χ3n) is 3.89. The van der Waals surface area contributed by atoms with Crippen LogP contribution in [0, 0.1) is 6.92 Å². The lowest BCUT2D eigenvalue weighted by molar-refractivity contribution is -0.123. The van der Waals surface area contributed by atoms with Crippen LogP contribution in [-0.2, 0) is 4.79 Å². The molecule has 1 aliphatic heterocycles. The van der Waals surface area contributed by atoms with E-state index in [1.807, 2.05) is 12.1 Å². The van der Waals surface area contributed by atoms with Gasteiger partial charge in [0.2, 0.25) is 5.91 Å². The van der Waals surface area contributed by atoms with Crippen molar-refractivity contribution in [3.8, 4) is 0 Å². The second kappa shape index (κ2) is 6.71. The summed E-state index contributed by atoms with van der Waals surface area (Å²) in [5, 5.41) is 6.47. The summed E-state index contributed by atoms with van der Waals surface area (Å²) in [6.07, 6.45) is 4.50. The fourth-order valence-electron chi connectivity index (χ4n) is 2.72. The topological polar surface area (TPSA) is 41.1 Å². The van der Waals surface area contributed by atoms with Crippen molar-refractivity contribution in [3.63, 3.8) is 0 Å². The third kappa shape index (κ3) is 3.80. The summed E-state index contributed by atoms with van der Waals surface area (Å²) >= 11 is 0. The SMILES string of the molecule is Cc1ccccc1C(C)NC(=O)C1CCCCCN1. The Morgan fingerprint density at radius 3 is 2.89 bits per heavy atom. The Kier molecular flexibility index (Phi) is 4.97. The Hall–Kier alpha value is -1.35. The number of aryl methyl sites for hydroxylation is 1. The van der Waals surface area contributed by atoms with Crippen molar-refractivity contribution in [1.29, 1.82) is 0 Å². The summed E-state index contributed by atoms with van der Waals surface area (Å²) in [6, 6.07) is 8.27. The van der Waals surface area contributed by atoms with Crippen LogP contribution in [0.1, 0.15) is 49.8 Å². The maximum Gasteiger partial charge on any atom is 0.237 e. The van der Waals surface area contributed by atoms with Gasteiger partial charge in [0.15, 0.2) is 0 Å². The van der Waals surface area contributed by atoms with Gasteiger partial charge in [-0.15, -0.1) is 0 Å². The van der Waals surface area contributed by atoms with Gasteiger partial charge in [-0.25, -0.2) is 0 Å². The number of nitrogens with one attached hydrogen (secondary N) is 2. The van der Waals surface area contributed by atoms with Crippen LogP contribution in [-0.4, -0.2) is 18.5 Å². The zero-order valence-corrected chi connectivity index (χ0v) is 11.9. The molecule has 1 amide bonds. The van der Waals surface area contributed by atoms with Crippen molar-refractivity contribution >= 4 is 5.91 Å². The second-order valence-electron chi connectivity index (χ2n) is 5.44. The van der Waals surface area contributed by atoms with E-state index in [2.05, 4.69) is 36.6 Å². The molecular formula is C16H24N2O. The van der Waals surface area contributed by atoms with Crippen LogP contribution in [0.25, 0.3) is 0 Å². The first-order chi connectivity index (χ1) is 9.18. The van der Waals surface area contributed by atoms with E-state index in [0.717, 1.165) is 19.4 Å². The second-order valence-corrected chi connectivity index (χ2v) is 5.44. The Balaban J connectivity index is 1.96. The molecule has 2 rings (SSSR count). The number of rotatable bonds is 3. The van der Waals surface area contributed by atoms with Gasteiger partial charge in [0.1, 0.15) is 0 Å². The van der Waals surface area contributed by atoms with Gasteiger partial charge in [-0.2, -0.15) is 0 Å². The molecule has 3 nitrogen and oxygen atoms in total. The fraction of sp³-hybridized carbons (Fsp3) is 0.562. The third-order valence-corrected chi connectivity index (χ3v) is 3.89. The predicted octanol–water partition coefficient (Wildman–Crippen LogP) is 2.70. The van der Waals surface area contributed by atoms with Crippen LogP contribution in [0.4, 0.5) is 0 Å². The summed E-state index contributed by atoms with van der Waals surface area (Å²) in [5.74, 6) is 0.137. The Labute approximate surface area is 115 Å². The molecule has 19 heavy (non-hydrogen) atoms. The summed E-state index contributed by atoms with van der Waals surface area (Å²) in [4.78, 5) is 12.3. The highest BCUT2D eigenvalue weighted by Gasteiger charge is 2.21. The summed E-state index contributed by atoms with van der Waals surface area (Å²) < 4.78 is 0. The van der Waals surface area contributed by atoms with E-state index in [9.17, 15) is 4.79 Å². The van der Waals surface area contributed by atoms with Crippen molar-refractivity contribution in [2.24, 2.45) is 0 Å². The van der Waals surface area contributed by atoms with Gasteiger partial charge < -0.3 is 10.6 Å². The van der Waals surface area contributed by atoms with Gasteiger partial charge in [-0.1, -0.05) is 37.1 Å². The molecule has 2 atom stereocenters. The maximum atomic E-state index is 12.3. The van der Waals surface area contributed by atoms with Crippen LogP contribution >= 0.6 is 0 Å². The minimum absolute atomic E-state index is 0.0195. The molecule has 0 spiro atoms. The maximum absolute atomic E-state index is 12.3. The highest BCUT2D eigenvalue weighted by molar-refractivity contribution is 5.82. The quantitative estimate of drug-likeness (QED) is 0.877. The summed E-state index contributed by atoms with van der Waals surface area (Å²) in [7, 11) is 0. The molecule has 1 heterocycles. The first kappa shape index (κ1) is 14.1. The molecule has 1 aromatic rings. The molecule has 2 N–H and O–H groups in total. The Morgan fingerprint density at radius 2 is 2.11 bits per heavy atom. The van der Waals surface area contributed by atoms with Gasteiger partial charge in [0.25, 0.3) is 0 Å². The van der Waals surface area contributed by atoms with Gasteiger partial charge >= 0.3 is 0 Å². The summed E-state index contributed by atoms with van der Waals surface area (Å²) in [6.45, 7) is 5.09. The normalized spacial score (nSPS) is 21.5. The van der Waals surface area contributed by atoms with Crippen LogP contribution < -0.4 is 10.6 Å². The van der Waals surface area contributed by atoms with Crippen molar-refractivity contribution in [3.05, 3.63) is 35.4 Å². The molecule has 0 bridgehead atoms. The van der Waals surface area contributed by atoms with Crippen LogP contribution in [0.2, 0.25) is 0 Å². The molecule has 1 saturated heterocycles. The van der Waals surface area contributed by atoms with E-state index in [1.54, 1.807) is 0 Å². The smallest absolute Gasteiger partial charge is 0.237 e. The molecular weight excluding hydrogens is 236 g/mol. The lowest BCUT2D eigenvalue weighted by Crippen LogP contribution is -2.44. The molecule has 1 aliphatic rings. The monoisotopic (exact) mass is 260 g/mol. The molecule has 104 valence electrons. The molecule has 0 aromatic heterocycles. The number of hydrogen-bond donors (Lipinski definition) is 2. The first-order valence-electron chi connectivity index (χ1n) is 7.28. The molecule has 0 saturated carbocycles. The average molecular weight is 260 g/mol. The van der Waals surface area contributed by atoms with Gasteiger partial charge in [-0.3, -0.25) is 4.79 Å². The van der Waals surface area contributed by atoms with Crippen LogP contribution in [0.3, 0.4) is 0 Å². The minimum Gasteiger partial charge on any atom is -0.348 e. The van der Waals surface area contributed by atoms with Crippen molar-refractivity contribution in [2.75, 3.05) is 6.54 Å². The van der Waals surface area contributed by atoms with E-state index >= 15 is 0 Å². The molecule has 0 radical (unpaired) electrons. The van der Waals surface area contributed by atoms with Gasteiger partial charge in [0, 0.05) is 0 Å². The van der Waals surface area contributed by atoms with Crippen LogP contribution in [0.5, 0.6) is 0 Å². The summed E-state index contributed by atoms with van der Waals surface area (Å²) in [5.41, 5.74) is 2.42. The predicted molar refractivity (Wildman–Crippen MR) is 78.0 cm³/mol. The van der Waals surface area contributed by atoms with Crippen LogP contribution in [0.15, 0.2) is 24.3 Å². The largest absolute Gasteiger partial charge is 0.348 e. The zero-order chi connectivity index (χ0) is 13.7. The minimum atomic E-state index is -0.0195. The highest BCUT2D eigenvalue weighted by atomic mass is 16.2. The zero-order valence-electron chi connectivity index (χ0n) is 11.9. The van der Waals surface area contributed by atoms with E-state index in [-0.39, 0.29) is 18.0 Å². The van der Waals surface area contributed by atoms with Crippen molar-refractivity contribution < 1.29 is 4.79 Å². The Bertz CT molecular complexity index is 423. The molecule has 1 aromatic carbocycles.